The molecule has 0 saturated heterocycles. The van der Waals surface area contributed by atoms with E-state index >= 15 is 0 Å². The fourth-order valence-electron chi connectivity index (χ4n) is 4.96. The zero-order valence-corrected chi connectivity index (χ0v) is 27.7. The van der Waals surface area contributed by atoms with Gasteiger partial charge < -0.3 is 10.2 Å². The van der Waals surface area contributed by atoms with Gasteiger partial charge in [-0.25, -0.2) is 8.42 Å². The summed E-state index contributed by atoms with van der Waals surface area (Å²) in [6.07, 6.45) is 1.93. The van der Waals surface area contributed by atoms with Gasteiger partial charge in [-0.2, -0.15) is 0 Å². The van der Waals surface area contributed by atoms with Gasteiger partial charge in [-0.3, -0.25) is 13.9 Å². The Bertz CT molecular complexity index is 1700. The van der Waals surface area contributed by atoms with Crippen LogP contribution in [0.25, 0.3) is 0 Å². The van der Waals surface area contributed by atoms with Gasteiger partial charge in [0.05, 0.1) is 10.6 Å². The van der Waals surface area contributed by atoms with Gasteiger partial charge in [0.25, 0.3) is 10.0 Å². The van der Waals surface area contributed by atoms with E-state index in [0.717, 1.165) is 33.8 Å². The zero-order valence-electron chi connectivity index (χ0n) is 25.3. The highest BCUT2D eigenvalue weighted by Gasteiger charge is 2.34. The number of hydrogen-bond donors (Lipinski definition) is 1. The molecule has 4 aromatic rings. The molecule has 10 heteroatoms. The van der Waals surface area contributed by atoms with Crippen LogP contribution in [-0.2, 0) is 32.6 Å². The quantitative estimate of drug-likeness (QED) is 0.146. The monoisotopic (exact) mass is 665 g/mol. The minimum absolute atomic E-state index is 0.0388. The molecule has 0 bridgehead atoms. The largest absolute Gasteiger partial charge is 0.354 e. The normalized spacial score (nSPS) is 11.9. The second-order valence-corrected chi connectivity index (χ2v) is 13.5. The van der Waals surface area contributed by atoms with E-state index in [1.165, 1.54) is 35.2 Å². The number of amides is 2. The lowest BCUT2D eigenvalue weighted by Gasteiger charge is -2.34. The van der Waals surface area contributed by atoms with Gasteiger partial charge in [0.1, 0.15) is 12.6 Å². The number of halogens is 2. The standard InChI is InChI=1S/C35H37Cl2N3O4S/c1-3-4-20-38-35(42)33(22-27-11-6-5-7-12-27)39(24-28-13-8-10-26(2)21-28)34(41)25-40(31-15-9-14-30(37)23-31)45(43,44)32-18-16-29(36)17-19-32/h5-19,21,23,33H,3-4,20,22,24-25H2,1-2H3,(H,38,42)/t33-/m0/s1. The molecule has 0 saturated carbocycles. The first-order valence-corrected chi connectivity index (χ1v) is 17.0. The maximum Gasteiger partial charge on any atom is 0.264 e. The van der Waals surface area contributed by atoms with Crippen LogP contribution in [0.4, 0.5) is 5.69 Å². The van der Waals surface area contributed by atoms with Crippen molar-refractivity contribution in [3.05, 3.63) is 130 Å². The molecule has 0 aromatic heterocycles. The van der Waals surface area contributed by atoms with Gasteiger partial charge in [0, 0.05) is 29.6 Å². The Morgan fingerprint density at radius 1 is 0.822 bits per heavy atom. The summed E-state index contributed by atoms with van der Waals surface area (Å²) in [6.45, 7) is 3.99. The molecule has 4 aromatic carbocycles. The third-order valence-corrected chi connectivity index (χ3v) is 9.59. The van der Waals surface area contributed by atoms with Crippen molar-refractivity contribution in [2.75, 3.05) is 17.4 Å². The molecule has 0 spiro atoms. The van der Waals surface area contributed by atoms with Crippen molar-refractivity contribution in [2.24, 2.45) is 0 Å². The Kier molecular flexibility index (Phi) is 12.0. The van der Waals surface area contributed by atoms with E-state index < -0.39 is 28.5 Å². The third kappa shape index (κ3) is 9.33. The summed E-state index contributed by atoms with van der Waals surface area (Å²) >= 11 is 12.3. The third-order valence-electron chi connectivity index (χ3n) is 7.31. The van der Waals surface area contributed by atoms with Crippen molar-refractivity contribution in [3.63, 3.8) is 0 Å². The fraction of sp³-hybridized carbons (Fsp3) is 0.257. The van der Waals surface area contributed by atoms with E-state index in [1.807, 2.05) is 68.4 Å². The van der Waals surface area contributed by atoms with Crippen molar-refractivity contribution < 1.29 is 18.0 Å². The first kappa shape index (κ1) is 34.0. The molecule has 1 atom stereocenters. The van der Waals surface area contributed by atoms with Crippen LogP contribution in [0.5, 0.6) is 0 Å². The van der Waals surface area contributed by atoms with Crippen LogP contribution in [0.3, 0.4) is 0 Å². The lowest BCUT2D eigenvalue weighted by molar-refractivity contribution is -0.140. The smallest absolute Gasteiger partial charge is 0.264 e. The van der Waals surface area contributed by atoms with Crippen LogP contribution >= 0.6 is 23.2 Å². The van der Waals surface area contributed by atoms with Crippen LogP contribution in [0.15, 0.2) is 108 Å². The molecule has 0 unspecified atom stereocenters. The van der Waals surface area contributed by atoms with E-state index in [4.69, 9.17) is 23.2 Å². The fourth-order valence-corrected chi connectivity index (χ4v) is 6.68. The molecule has 45 heavy (non-hydrogen) atoms. The number of nitrogens with zero attached hydrogens (tertiary/aromatic N) is 2. The Morgan fingerprint density at radius 3 is 2.18 bits per heavy atom. The molecule has 0 aliphatic carbocycles. The number of aryl methyl sites for hydroxylation is 1. The summed E-state index contributed by atoms with van der Waals surface area (Å²) in [7, 11) is -4.25. The van der Waals surface area contributed by atoms with Gasteiger partial charge >= 0.3 is 0 Å². The van der Waals surface area contributed by atoms with Crippen LogP contribution in [-0.4, -0.2) is 44.3 Å². The molecule has 0 aliphatic rings. The second kappa shape index (κ2) is 15.9. The van der Waals surface area contributed by atoms with E-state index in [1.54, 1.807) is 18.2 Å². The Hall–Kier alpha value is -3.85. The molecular formula is C35H37Cl2N3O4S. The van der Waals surface area contributed by atoms with Gasteiger partial charge in [0.15, 0.2) is 0 Å². The van der Waals surface area contributed by atoms with Crippen molar-refractivity contribution in [1.29, 1.82) is 0 Å². The summed E-state index contributed by atoms with van der Waals surface area (Å²) < 4.78 is 29.2. The number of unbranched alkanes of at least 4 members (excludes halogenated alkanes) is 1. The SMILES string of the molecule is CCCCNC(=O)[C@H](Cc1ccccc1)N(Cc1cccc(C)c1)C(=O)CN(c1cccc(Cl)c1)S(=O)(=O)c1ccc(Cl)cc1. The molecule has 1 N–H and O–H groups in total. The van der Waals surface area contributed by atoms with Crippen LogP contribution < -0.4 is 9.62 Å². The summed E-state index contributed by atoms with van der Waals surface area (Å²) in [4.78, 5) is 29.7. The molecule has 236 valence electrons. The Morgan fingerprint density at radius 2 is 1.51 bits per heavy atom. The summed E-state index contributed by atoms with van der Waals surface area (Å²) in [6, 6.07) is 28.3. The minimum Gasteiger partial charge on any atom is -0.354 e. The topological polar surface area (TPSA) is 86.8 Å². The molecule has 0 heterocycles. The first-order valence-electron chi connectivity index (χ1n) is 14.8. The predicted octanol–water partition coefficient (Wildman–Crippen LogP) is 7.05. The molecule has 0 fully saturated rings. The zero-order chi connectivity index (χ0) is 32.4. The molecule has 0 aliphatic heterocycles. The van der Waals surface area contributed by atoms with Crippen molar-refractivity contribution >= 4 is 50.7 Å². The number of hydrogen-bond acceptors (Lipinski definition) is 4. The summed E-state index contributed by atoms with van der Waals surface area (Å²) in [5.74, 6) is -0.844. The lowest BCUT2D eigenvalue weighted by atomic mass is 10.0. The molecule has 4 rings (SSSR count). The highest BCUT2D eigenvalue weighted by molar-refractivity contribution is 7.92. The summed E-state index contributed by atoms with van der Waals surface area (Å²) in [5.41, 5.74) is 2.90. The van der Waals surface area contributed by atoms with Gasteiger partial charge in [-0.15, -0.1) is 0 Å². The number of carbonyl (C=O) groups excluding carboxylic acids is 2. The van der Waals surface area contributed by atoms with Gasteiger partial charge in [-0.1, -0.05) is 103 Å². The predicted molar refractivity (Wildman–Crippen MR) is 181 cm³/mol. The molecule has 0 radical (unpaired) electrons. The van der Waals surface area contributed by atoms with E-state index in [-0.39, 0.29) is 29.5 Å². The Balaban J connectivity index is 1.79. The van der Waals surface area contributed by atoms with E-state index in [2.05, 4.69) is 5.32 Å². The van der Waals surface area contributed by atoms with Crippen LogP contribution in [0, 0.1) is 6.92 Å². The van der Waals surface area contributed by atoms with Crippen molar-refractivity contribution in [2.45, 2.75) is 50.6 Å². The van der Waals surface area contributed by atoms with Gasteiger partial charge in [-0.05, 0) is 66.9 Å². The number of sulfonamides is 1. The Labute approximate surface area is 275 Å². The number of nitrogens with one attached hydrogen (secondary N) is 1. The number of carbonyl (C=O) groups is 2. The first-order chi connectivity index (χ1) is 21.6. The van der Waals surface area contributed by atoms with E-state index in [0.29, 0.717) is 16.6 Å². The van der Waals surface area contributed by atoms with Gasteiger partial charge in [0.2, 0.25) is 11.8 Å². The average molecular weight is 667 g/mol. The summed E-state index contributed by atoms with van der Waals surface area (Å²) in [5, 5.41) is 3.68. The highest BCUT2D eigenvalue weighted by Crippen LogP contribution is 2.28. The maximum atomic E-state index is 14.5. The van der Waals surface area contributed by atoms with Crippen molar-refractivity contribution in [1.82, 2.24) is 10.2 Å². The molecular weight excluding hydrogens is 629 g/mol. The number of benzene rings is 4. The number of anilines is 1. The highest BCUT2D eigenvalue weighted by atomic mass is 35.5. The average Bonchev–Trinajstić information content (AvgIpc) is 3.02. The van der Waals surface area contributed by atoms with Crippen LogP contribution in [0.2, 0.25) is 10.0 Å². The van der Waals surface area contributed by atoms with Crippen molar-refractivity contribution in [3.8, 4) is 0 Å². The number of rotatable bonds is 14. The minimum atomic E-state index is -4.25. The second-order valence-electron chi connectivity index (χ2n) is 10.8. The van der Waals surface area contributed by atoms with E-state index in [9.17, 15) is 18.0 Å². The lowest BCUT2D eigenvalue weighted by Crippen LogP contribution is -2.53. The molecule has 2 amide bonds. The maximum absolute atomic E-state index is 14.5. The van der Waals surface area contributed by atoms with Crippen LogP contribution in [0.1, 0.15) is 36.5 Å². The molecule has 7 nitrogen and oxygen atoms in total.